The van der Waals surface area contributed by atoms with Crippen molar-refractivity contribution in [2.45, 2.75) is 38.0 Å². The first-order valence-corrected chi connectivity index (χ1v) is 8.29. The molecule has 0 amide bonds. The maximum absolute atomic E-state index is 6.15. The smallest absolute Gasteiger partial charge is 0.0950 e. The van der Waals surface area contributed by atoms with Gasteiger partial charge in [-0.2, -0.15) is 0 Å². The number of aromatic nitrogens is 2. The second-order valence-electron chi connectivity index (χ2n) is 5.65. The summed E-state index contributed by atoms with van der Waals surface area (Å²) in [5.41, 5.74) is 1.25. The van der Waals surface area contributed by atoms with Crippen LogP contribution in [0.4, 0.5) is 0 Å². The van der Waals surface area contributed by atoms with Gasteiger partial charge < -0.3 is 4.74 Å². The first-order chi connectivity index (χ1) is 10.3. The fourth-order valence-corrected chi connectivity index (χ4v) is 3.51. The number of thiazole rings is 1. The number of likely N-dealkylation sites (N-methyl/N-ethyl adjacent to an activating group) is 1. The molecule has 0 bridgehead atoms. The van der Waals surface area contributed by atoms with E-state index in [-0.39, 0.29) is 0 Å². The molecule has 0 unspecified atom stereocenters. The molecular formula is C16H21N3OS. The summed E-state index contributed by atoms with van der Waals surface area (Å²) in [6.45, 7) is 1.90. The zero-order valence-electron chi connectivity index (χ0n) is 12.3. The molecule has 0 aliphatic carbocycles. The average molecular weight is 303 g/mol. The zero-order chi connectivity index (χ0) is 14.5. The zero-order valence-corrected chi connectivity index (χ0v) is 13.1. The second-order valence-corrected chi connectivity index (χ2v) is 6.62. The third-order valence-electron chi connectivity index (χ3n) is 3.77. The van der Waals surface area contributed by atoms with Crippen LogP contribution in [0.25, 0.3) is 0 Å². The standard InChI is InChI=1S/C16H21N3OS/c1-19(11-13-3-2-6-17-10-13)12-15-5-4-14(20-15)9-16-18-7-8-21-16/h2-3,6-8,10,14-15H,4-5,9,11-12H2,1H3/t14-,15+/m0/s1. The fraction of sp³-hybridized carbons (Fsp3) is 0.500. The summed E-state index contributed by atoms with van der Waals surface area (Å²) in [4.78, 5) is 10.8. The van der Waals surface area contributed by atoms with Crippen molar-refractivity contribution in [2.24, 2.45) is 0 Å². The van der Waals surface area contributed by atoms with Gasteiger partial charge in [0.15, 0.2) is 0 Å². The van der Waals surface area contributed by atoms with Crippen LogP contribution in [-0.4, -0.2) is 40.7 Å². The number of ether oxygens (including phenoxy) is 1. The van der Waals surface area contributed by atoms with Gasteiger partial charge in [0.05, 0.1) is 17.2 Å². The quantitative estimate of drug-likeness (QED) is 0.822. The Morgan fingerprint density at radius 1 is 1.33 bits per heavy atom. The molecule has 0 N–H and O–H groups in total. The predicted octanol–water partition coefficient (Wildman–Crippen LogP) is 2.76. The molecule has 0 aromatic carbocycles. The number of hydrogen-bond donors (Lipinski definition) is 0. The van der Waals surface area contributed by atoms with Crippen LogP contribution < -0.4 is 0 Å². The summed E-state index contributed by atoms with van der Waals surface area (Å²) in [5.74, 6) is 0. The first-order valence-electron chi connectivity index (χ1n) is 7.41. The lowest BCUT2D eigenvalue weighted by molar-refractivity contribution is 0.0267. The number of rotatable bonds is 6. The highest BCUT2D eigenvalue weighted by molar-refractivity contribution is 7.09. The molecular weight excluding hydrogens is 282 g/mol. The fourth-order valence-electron chi connectivity index (χ4n) is 2.83. The minimum atomic E-state index is 0.341. The van der Waals surface area contributed by atoms with Gasteiger partial charge in [-0.3, -0.25) is 9.88 Å². The SMILES string of the molecule is CN(Cc1cccnc1)C[C@H]1CC[C@@H](Cc2nccs2)O1. The Kier molecular flexibility index (Phi) is 4.95. The maximum atomic E-state index is 6.15. The van der Waals surface area contributed by atoms with Crippen LogP contribution >= 0.6 is 11.3 Å². The highest BCUT2D eigenvalue weighted by Crippen LogP contribution is 2.24. The predicted molar refractivity (Wildman–Crippen MR) is 84.3 cm³/mol. The van der Waals surface area contributed by atoms with E-state index in [1.54, 1.807) is 11.3 Å². The van der Waals surface area contributed by atoms with Gasteiger partial charge in [0, 0.05) is 43.5 Å². The van der Waals surface area contributed by atoms with Crippen molar-refractivity contribution in [1.29, 1.82) is 0 Å². The summed E-state index contributed by atoms with van der Waals surface area (Å²) in [6, 6.07) is 4.10. The third-order valence-corrected chi connectivity index (χ3v) is 4.57. The lowest BCUT2D eigenvalue weighted by Gasteiger charge is -2.21. The summed E-state index contributed by atoms with van der Waals surface area (Å²) >= 11 is 1.72. The van der Waals surface area contributed by atoms with Gasteiger partial charge in [0.2, 0.25) is 0 Å². The van der Waals surface area contributed by atoms with Crippen molar-refractivity contribution in [3.05, 3.63) is 46.7 Å². The Balaban J connectivity index is 1.44. The van der Waals surface area contributed by atoms with E-state index in [9.17, 15) is 0 Å². The van der Waals surface area contributed by atoms with E-state index >= 15 is 0 Å². The molecule has 3 rings (SSSR count). The van der Waals surface area contributed by atoms with Crippen molar-refractivity contribution < 1.29 is 4.74 Å². The minimum absolute atomic E-state index is 0.341. The second kappa shape index (κ2) is 7.11. The van der Waals surface area contributed by atoms with E-state index in [0.717, 1.165) is 32.4 Å². The van der Waals surface area contributed by atoms with Crippen molar-refractivity contribution >= 4 is 11.3 Å². The van der Waals surface area contributed by atoms with Gasteiger partial charge in [0.1, 0.15) is 0 Å². The summed E-state index contributed by atoms with van der Waals surface area (Å²) < 4.78 is 6.15. The maximum Gasteiger partial charge on any atom is 0.0950 e. The van der Waals surface area contributed by atoms with Crippen molar-refractivity contribution in [3.63, 3.8) is 0 Å². The molecule has 2 aromatic heterocycles. The van der Waals surface area contributed by atoms with Crippen LogP contribution in [0.2, 0.25) is 0 Å². The molecule has 0 radical (unpaired) electrons. The van der Waals surface area contributed by atoms with Crippen molar-refractivity contribution in [2.75, 3.05) is 13.6 Å². The topological polar surface area (TPSA) is 38.2 Å². The number of pyridine rings is 1. The molecule has 4 nitrogen and oxygen atoms in total. The van der Waals surface area contributed by atoms with Crippen LogP contribution in [0.15, 0.2) is 36.1 Å². The molecule has 1 fully saturated rings. The number of nitrogens with zero attached hydrogens (tertiary/aromatic N) is 3. The molecule has 1 saturated heterocycles. The highest BCUT2D eigenvalue weighted by atomic mass is 32.1. The molecule has 2 aromatic rings. The van der Waals surface area contributed by atoms with Crippen LogP contribution in [0, 0.1) is 0 Å². The van der Waals surface area contributed by atoms with E-state index in [1.165, 1.54) is 10.6 Å². The Hall–Kier alpha value is -1.30. The normalized spacial score (nSPS) is 22.0. The van der Waals surface area contributed by atoms with E-state index in [2.05, 4.69) is 28.0 Å². The Bertz CT molecular complexity index is 532. The van der Waals surface area contributed by atoms with Gasteiger partial charge in [-0.15, -0.1) is 11.3 Å². The van der Waals surface area contributed by atoms with Gasteiger partial charge in [0.25, 0.3) is 0 Å². The van der Waals surface area contributed by atoms with Gasteiger partial charge in [-0.1, -0.05) is 6.07 Å². The lowest BCUT2D eigenvalue weighted by atomic mass is 10.1. The molecule has 0 spiro atoms. The summed E-state index contributed by atoms with van der Waals surface area (Å²) in [7, 11) is 2.14. The molecule has 1 aliphatic rings. The van der Waals surface area contributed by atoms with Crippen LogP contribution in [0.1, 0.15) is 23.4 Å². The van der Waals surface area contributed by atoms with Crippen molar-refractivity contribution in [1.82, 2.24) is 14.9 Å². The van der Waals surface area contributed by atoms with Crippen LogP contribution in [0.5, 0.6) is 0 Å². The minimum Gasteiger partial charge on any atom is -0.373 e. The van der Waals surface area contributed by atoms with E-state index in [1.807, 2.05) is 30.0 Å². The van der Waals surface area contributed by atoms with Gasteiger partial charge >= 0.3 is 0 Å². The third kappa shape index (κ3) is 4.33. The largest absolute Gasteiger partial charge is 0.373 e. The average Bonchev–Trinajstić information content (AvgIpc) is 3.13. The molecule has 2 atom stereocenters. The molecule has 3 heterocycles. The summed E-state index contributed by atoms with van der Waals surface area (Å²) in [6.07, 6.45) is 9.54. The Labute approximate surface area is 129 Å². The lowest BCUT2D eigenvalue weighted by Crippen LogP contribution is -2.29. The Morgan fingerprint density at radius 2 is 2.24 bits per heavy atom. The van der Waals surface area contributed by atoms with Gasteiger partial charge in [-0.05, 0) is 31.5 Å². The summed E-state index contributed by atoms with van der Waals surface area (Å²) in [5, 5.41) is 3.22. The highest BCUT2D eigenvalue weighted by Gasteiger charge is 2.26. The van der Waals surface area contributed by atoms with Crippen LogP contribution in [0.3, 0.4) is 0 Å². The first kappa shape index (κ1) is 14.6. The van der Waals surface area contributed by atoms with Crippen molar-refractivity contribution in [3.8, 4) is 0 Å². The Morgan fingerprint density at radius 3 is 3.00 bits per heavy atom. The monoisotopic (exact) mass is 303 g/mol. The van der Waals surface area contributed by atoms with Gasteiger partial charge in [-0.25, -0.2) is 4.98 Å². The van der Waals surface area contributed by atoms with E-state index in [0.29, 0.717) is 12.2 Å². The molecule has 21 heavy (non-hydrogen) atoms. The molecule has 1 aliphatic heterocycles. The van der Waals surface area contributed by atoms with Crippen LogP contribution in [-0.2, 0) is 17.7 Å². The number of hydrogen-bond acceptors (Lipinski definition) is 5. The molecule has 0 saturated carbocycles. The molecule has 5 heteroatoms. The van der Waals surface area contributed by atoms with E-state index in [4.69, 9.17) is 4.74 Å². The molecule has 112 valence electrons. The van der Waals surface area contributed by atoms with E-state index < -0.39 is 0 Å².